The van der Waals surface area contributed by atoms with Crippen molar-refractivity contribution in [2.45, 2.75) is 93.4 Å². The summed E-state index contributed by atoms with van der Waals surface area (Å²) in [7, 11) is 0. The molecule has 1 unspecified atom stereocenters. The van der Waals surface area contributed by atoms with Gasteiger partial charge in [-0.15, -0.1) is 24.4 Å². The predicted molar refractivity (Wildman–Crippen MR) is 285 cm³/mol. The number of fused-ring (bicyclic) bond motifs is 3. The first kappa shape index (κ1) is 65.0. The highest BCUT2D eigenvalue weighted by atomic mass is 32.2. The maximum Gasteiger partial charge on any atom is 0.340 e. The number of morpholine rings is 2. The van der Waals surface area contributed by atoms with Crippen molar-refractivity contribution in [2.75, 3.05) is 124 Å². The van der Waals surface area contributed by atoms with Gasteiger partial charge in [0.2, 0.25) is 35.4 Å². The number of thioether (sulfide) groups is 1. The molecule has 6 N–H and O–H groups in total. The average molecular weight is 1220 g/mol. The maximum atomic E-state index is 13.6. The lowest BCUT2D eigenvalue weighted by Crippen LogP contribution is -2.68. The molecule has 7 rings (SSSR count). The number of hydrogen-bond acceptors (Lipinski definition) is 25. The molecule has 5 aliphatic rings. The van der Waals surface area contributed by atoms with Gasteiger partial charge in [0.05, 0.1) is 76.0 Å². The number of aromatic nitrogens is 1. The van der Waals surface area contributed by atoms with E-state index in [1.807, 2.05) is 0 Å². The largest absolute Gasteiger partial charge is 0.492 e. The summed E-state index contributed by atoms with van der Waals surface area (Å²) in [6.07, 6.45) is -8.22. The van der Waals surface area contributed by atoms with E-state index < -0.39 is 107 Å². The molecule has 0 bridgehead atoms. The molecule has 5 saturated heterocycles. The monoisotopic (exact) mass is 1210 g/mol. The molecule has 1 aromatic heterocycles. The number of amides is 6. The normalized spacial score (nSPS) is 26.1. The van der Waals surface area contributed by atoms with E-state index in [0.717, 1.165) is 16.7 Å². The van der Waals surface area contributed by atoms with Gasteiger partial charge in [-0.1, -0.05) is 0 Å². The van der Waals surface area contributed by atoms with Crippen LogP contribution in [-0.4, -0.2) is 283 Å². The number of rotatable bonds is 30. The minimum Gasteiger partial charge on any atom is -0.492 e. The Morgan fingerprint density at radius 2 is 1.23 bits per heavy atom. The molecule has 11 atom stereocenters. The fraction of sp³-hybridized carbons (Fsp3) is 0.667. The second-order valence-electron chi connectivity index (χ2n) is 19.5. The van der Waals surface area contributed by atoms with Crippen LogP contribution in [-0.2, 0) is 92.3 Å². The summed E-state index contributed by atoms with van der Waals surface area (Å²) in [5.41, 5.74) is 0.464. The fourth-order valence-corrected chi connectivity index (χ4v) is 10.8. The van der Waals surface area contributed by atoms with Gasteiger partial charge < -0.3 is 97.5 Å². The van der Waals surface area contributed by atoms with Crippen molar-refractivity contribution in [2.24, 2.45) is 0 Å². The smallest absolute Gasteiger partial charge is 0.340 e. The van der Waals surface area contributed by atoms with Gasteiger partial charge in [-0.05, 0) is 18.2 Å². The number of aliphatic hydroxyl groups is 4. The number of esters is 2. The Labute approximate surface area is 485 Å². The Morgan fingerprint density at radius 3 is 1.77 bits per heavy atom. The molecule has 30 nitrogen and oxygen atoms in total. The summed E-state index contributed by atoms with van der Waals surface area (Å²) in [6, 6.07) is 2.91. The number of nitrogens with one attached hydrogen (secondary N) is 2. The summed E-state index contributed by atoms with van der Waals surface area (Å²) in [5.74, 6) is -3.79. The standard InChI is InChI=1S/C51H70N6O24S2/c1-28(58)55-5-9-78-50-42(55)46(67)44(65)34(80-50)21-52-37(60)25-73-13-11-71-15-17-76-40(63)24-54-23-32(31-19-30(3-4-33(31)54)75-8-7-57-39(62)20-36(48(57)69)83-27-41(64)82)49(70)77-18-16-72-12-14-74-26-38(61)53-22-35-45(66)47(68)43-51(81-35)79-10-6-56(43)29(2)59/h3-4,19,23,34-36,42-47,50-51,65-68H,5-18,20-22,24-27H2,1-2H3,(H,52,60)(H,53,61)(H,64,82)/t34-,35-,36?,42+,43+,44+,45+,46-,47-,50-,51-/m1/s1. The Morgan fingerprint density at radius 1 is 0.699 bits per heavy atom. The first-order valence-corrected chi connectivity index (χ1v) is 28.2. The second kappa shape index (κ2) is 31.5. The van der Waals surface area contributed by atoms with Gasteiger partial charge in [0.1, 0.15) is 94.0 Å². The van der Waals surface area contributed by atoms with E-state index in [0.29, 0.717) is 10.9 Å². The quantitative estimate of drug-likeness (QED) is 0.0168. The number of carbonyl (C=O) groups is 9. The molecule has 0 aliphatic carbocycles. The number of thiol groups is 1. The van der Waals surface area contributed by atoms with E-state index in [-0.39, 0.29) is 160 Å². The Hall–Kier alpha value is -5.59. The number of aliphatic hydroxyl groups excluding tert-OH is 4. The van der Waals surface area contributed by atoms with Crippen LogP contribution >= 0.6 is 24.4 Å². The lowest BCUT2D eigenvalue weighted by molar-refractivity contribution is -0.296. The van der Waals surface area contributed by atoms with Gasteiger partial charge in [0, 0.05) is 63.5 Å². The topological polar surface area (TPSA) is 375 Å². The molecule has 5 aliphatic heterocycles. The van der Waals surface area contributed by atoms with E-state index >= 15 is 0 Å². The SMILES string of the molecule is CC(=O)N1CCO[C@@H]2O[C@H](CNC(=O)COCCOCCOC(=O)Cn3cc(C(=O)OCCOCCOCC(=O)NC[C@H]4O[C@H]5OCCN(C(C)=O)[C@H]5[C@@H](O)[C@H]4O)c4cc(OCCN5C(=O)CC(SCC(=O)S)C5=O)ccc43)[C@H](O)[C@H](O)[C@@H]21. The molecule has 32 heteroatoms. The van der Waals surface area contributed by atoms with Gasteiger partial charge in [0.15, 0.2) is 17.7 Å². The van der Waals surface area contributed by atoms with Crippen molar-refractivity contribution in [3.8, 4) is 5.75 Å². The third-order valence-electron chi connectivity index (χ3n) is 13.8. The lowest BCUT2D eigenvalue weighted by Gasteiger charge is -2.49. The van der Waals surface area contributed by atoms with Gasteiger partial charge in [0.25, 0.3) is 0 Å². The van der Waals surface area contributed by atoms with Crippen molar-refractivity contribution in [3.05, 3.63) is 30.0 Å². The molecule has 6 heterocycles. The minimum atomic E-state index is -1.41. The van der Waals surface area contributed by atoms with Crippen LogP contribution in [0.1, 0.15) is 30.6 Å². The molecule has 0 saturated carbocycles. The van der Waals surface area contributed by atoms with Crippen LogP contribution in [0.3, 0.4) is 0 Å². The lowest BCUT2D eigenvalue weighted by atomic mass is 9.94. The summed E-state index contributed by atoms with van der Waals surface area (Å²) >= 11 is 4.76. The van der Waals surface area contributed by atoms with Crippen LogP contribution in [0.15, 0.2) is 24.4 Å². The van der Waals surface area contributed by atoms with Gasteiger partial charge >= 0.3 is 11.9 Å². The minimum absolute atomic E-state index is 0.00150. The van der Waals surface area contributed by atoms with E-state index in [4.69, 9.17) is 52.1 Å². The number of carbonyl (C=O) groups excluding carboxylic acids is 9. The van der Waals surface area contributed by atoms with Crippen LogP contribution < -0.4 is 15.4 Å². The molecule has 6 amide bonds. The van der Waals surface area contributed by atoms with Crippen LogP contribution in [0, 0.1) is 0 Å². The number of imide groups is 1. The Kier molecular flexibility index (Phi) is 24.7. The zero-order chi connectivity index (χ0) is 59.7. The highest BCUT2D eigenvalue weighted by molar-refractivity contribution is 8.05. The highest BCUT2D eigenvalue weighted by Crippen LogP contribution is 2.32. The third kappa shape index (κ3) is 17.7. The zero-order valence-electron chi connectivity index (χ0n) is 45.6. The molecule has 0 radical (unpaired) electrons. The number of benzene rings is 1. The number of hydrogen-bond donors (Lipinski definition) is 7. The van der Waals surface area contributed by atoms with E-state index in [9.17, 15) is 63.6 Å². The third-order valence-corrected chi connectivity index (χ3v) is 15.4. The van der Waals surface area contributed by atoms with Crippen LogP contribution in [0.5, 0.6) is 5.75 Å². The predicted octanol–water partition coefficient (Wildman–Crippen LogP) is -4.28. The second-order valence-corrected chi connectivity index (χ2v) is 21.2. The molecule has 5 fully saturated rings. The average Bonchev–Trinajstić information content (AvgIpc) is 3.40. The van der Waals surface area contributed by atoms with Gasteiger partial charge in [-0.25, -0.2) is 4.79 Å². The van der Waals surface area contributed by atoms with Crippen molar-refractivity contribution in [3.63, 3.8) is 0 Å². The van der Waals surface area contributed by atoms with Gasteiger partial charge in [-0.3, -0.25) is 43.3 Å². The fourth-order valence-electron chi connectivity index (χ4n) is 9.75. The summed E-state index contributed by atoms with van der Waals surface area (Å²) < 4.78 is 62.6. The highest BCUT2D eigenvalue weighted by Gasteiger charge is 2.51. The molecule has 83 heavy (non-hydrogen) atoms. The first-order valence-electron chi connectivity index (χ1n) is 26.7. The van der Waals surface area contributed by atoms with Crippen LogP contribution in [0.4, 0.5) is 0 Å². The zero-order valence-corrected chi connectivity index (χ0v) is 47.3. The van der Waals surface area contributed by atoms with Crippen molar-refractivity contribution >= 4 is 87.8 Å². The summed E-state index contributed by atoms with van der Waals surface area (Å²) in [6.45, 7) is 1.46. The molecule has 1 aromatic carbocycles. The number of ether oxygens (including phenoxy) is 11. The van der Waals surface area contributed by atoms with E-state index in [1.54, 1.807) is 12.1 Å². The van der Waals surface area contributed by atoms with E-state index in [2.05, 4.69) is 23.3 Å². The number of nitrogens with zero attached hydrogens (tertiary/aromatic N) is 4. The molecular weight excluding hydrogens is 1140 g/mol. The Balaban J connectivity index is 0.817. The molecule has 460 valence electrons. The van der Waals surface area contributed by atoms with Crippen LogP contribution in [0.25, 0.3) is 10.9 Å². The molecule has 0 spiro atoms. The summed E-state index contributed by atoms with van der Waals surface area (Å²) in [5, 5.41) is 47.0. The van der Waals surface area contributed by atoms with Gasteiger partial charge in [-0.2, -0.15) is 0 Å². The first-order chi connectivity index (χ1) is 39.8. The van der Waals surface area contributed by atoms with Crippen molar-refractivity contribution < 1.29 is 116 Å². The summed E-state index contributed by atoms with van der Waals surface area (Å²) in [4.78, 5) is 116. The number of likely N-dealkylation sites (tertiary alicyclic amines) is 1. The maximum absolute atomic E-state index is 13.6. The van der Waals surface area contributed by atoms with Crippen molar-refractivity contribution in [1.82, 2.24) is 29.9 Å². The Bertz CT molecular complexity index is 2610. The van der Waals surface area contributed by atoms with Crippen molar-refractivity contribution in [1.29, 1.82) is 0 Å². The molecule has 2 aromatic rings. The van der Waals surface area contributed by atoms with Crippen LogP contribution in [0.2, 0.25) is 0 Å². The molecular formula is C51H70N6O24S2. The van der Waals surface area contributed by atoms with E-state index in [1.165, 1.54) is 40.5 Å².